The van der Waals surface area contributed by atoms with Crippen LogP contribution >= 0.6 is 0 Å². The van der Waals surface area contributed by atoms with E-state index in [4.69, 9.17) is 0 Å². The highest BCUT2D eigenvalue weighted by Gasteiger charge is 2.39. The van der Waals surface area contributed by atoms with E-state index in [2.05, 4.69) is 0 Å². The molecule has 1 amide bonds. The summed E-state index contributed by atoms with van der Waals surface area (Å²) in [5, 5.41) is 2.01. The number of hydrogen-bond acceptors (Lipinski definition) is 1. The molecule has 2 nitrogen and oxygen atoms in total. The van der Waals surface area contributed by atoms with E-state index < -0.39 is 18.1 Å². The molecule has 0 aliphatic heterocycles. The molecule has 5 heteroatoms. The van der Waals surface area contributed by atoms with Gasteiger partial charge in [0.25, 0.3) is 0 Å². The second kappa shape index (κ2) is 5.70. The van der Waals surface area contributed by atoms with Crippen LogP contribution in [0.5, 0.6) is 0 Å². The Balaban J connectivity index is 2.78. The zero-order valence-corrected chi connectivity index (χ0v) is 9.42. The number of amides is 1. The minimum absolute atomic E-state index is 0.478. The lowest BCUT2D eigenvalue weighted by atomic mass is 10.0. The van der Waals surface area contributed by atoms with Crippen LogP contribution in [0.3, 0.4) is 0 Å². The second-order valence-electron chi connectivity index (χ2n) is 3.72. The van der Waals surface area contributed by atoms with Crippen molar-refractivity contribution >= 4 is 5.91 Å². The summed E-state index contributed by atoms with van der Waals surface area (Å²) in [6.07, 6.45) is -3.66. The molecule has 0 spiro atoms. The van der Waals surface area contributed by atoms with Crippen LogP contribution in [0.15, 0.2) is 30.3 Å². The molecular weight excluding hydrogens is 231 g/mol. The highest BCUT2D eigenvalue weighted by atomic mass is 19.4. The summed E-state index contributed by atoms with van der Waals surface area (Å²) in [5.74, 6) is -1.89. The molecule has 0 aliphatic carbocycles. The number of alkyl halides is 3. The molecule has 17 heavy (non-hydrogen) atoms. The van der Waals surface area contributed by atoms with Gasteiger partial charge in [0.1, 0.15) is 0 Å². The molecule has 0 radical (unpaired) electrons. The first-order valence-corrected chi connectivity index (χ1v) is 5.37. The summed E-state index contributed by atoms with van der Waals surface area (Å²) in [6.45, 7) is 1.86. The van der Waals surface area contributed by atoms with Gasteiger partial charge in [-0.15, -0.1) is 0 Å². The van der Waals surface area contributed by atoms with Crippen LogP contribution in [-0.4, -0.2) is 12.1 Å². The molecule has 1 N–H and O–H groups in total. The number of carbonyl (C=O) groups excluding carboxylic acids is 1. The van der Waals surface area contributed by atoms with Crippen molar-refractivity contribution in [3.63, 3.8) is 0 Å². The van der Waals surface area contributed by atoms with Crippen LogP contribution < -0.4 is 5.32 Å². The van der Waals surface area contributed by atoms with Gasteiger partial charge in [0.15, 0.2) is 0 Å². The van der Waals surface area contributed by atoms with Gasteiger partial charge in [-0.3, -0.25) is 4.79 Å². The summed E-state index contributed by atoms with van der Waals surface area (Å²) >= 11 is 0. The van der Waals surface area contributed by atoms with Crippen molar-refractivity contribution in [3.05, 3.63) is 35.9 Å². The number of benzene rings is 1. The molecule has 0 saturated heterocycles. The van der Waals surface area contributed by atoms with Crippen molar-refractivity contribution in [2.75, 3.05) is 0 Å². The molecule has 94 valence electrons. The quantitative estimate of drug-likeness (QED) is 0.867. The summed E-state index contributed by atoms with van der Waals surface area (Å²) in [6, 6.07) is 8.07. The first-order chi connectivity index (χ1) is 7.95. The number of hydrogen-bond donors (Lipinski definition) is 1. The number of halogens is 3. The van der Waals surface area contributed by atoms with Crippen LogP contribution in [0, 0.1) is 0 Å². The Labute approximate surface area is 97.8 Å². The Kier molecular flexibility index (Phi) is 4.54. The monoisotopic (exact) mass is 245 g/mol. The Morgan fingerprint density at radius 3 is 2.35 bits per heavy atom. The van der Waals surface area contributed by atoms with Crippen molar-refractivity contribution in [1.29, 1.82) is 0 Å². The number of nitrogens with one attached hydrogen (secondary N) is 1. The molecule has 1 aromatic rings. The zero-order chi connectivity index (χ0) is 12.9. The number of carbonyl (C=O) groups is 1. The SMILES string of the molecule is CCCC(NC(=O)C(F)(F)F)c1ccccc1. The predicted octanol–water partition coefficient (Wildman–Crippen LogP) is 3.21. The molecule has 0 aromatic heterocycles. The van der Waals surface area contributed by atoms with E-state index in [1.54, 1.807) is 30.3 Å². The minimum atomic E-state index is -4.83. The van der Waals surface area contributed by atoms with Gasteiger partial charge >= 0.3 is 12.1 Å². The lowest BCUT2D eigenvalue weighted by Gasteiger charge is -2.19. The summed E-state index contributed by atoms with van der Waals surface area (Å²) < 4.78 is 36.5. The van der Waals surface area contributed by atoms with E-state index in [1.165, 1.54) is 0 Å². The lowest BCUT2D eigenvalue weighted by Crippen LogP contribution is -2.39. The van der Waals surface area contributed by atoms with E-state index in [0.717, 1.165) is 0 Å². The van der Waals surface area contributed by atoms with Gasteiger partial charge in [-0.2, -0.15) is 13.2 Å². The van der Waals surface area contributed by atoms with Gasteiger partial charge in [0.2, 0.25) is 0 Å². The average molecular weight is 245 g/mol. The maximum atomic E-state index is 12.2. The van der Waals surface area contributed by atoms with Gasteiger partial charge in [0.05, 0.1) is 6.04 Å². The van der Waals surface area contributed by atoms with Crippen LogP contribution in [0.25, 0.3) is 0 Å². The molecule has 1 atom stereocenters. The predicted molar refractivity (Wildman–Crippen MR) is 58.3 cm³/mol. The first-order valence-electron chi connectivity index (χ1n) is 5.37. The molecule has 0 fully saturated rings. The van der Waals surface area contributed by atoms with Crippen LogP contribution in [0.2, 0.25) is 0 Å². The van der Waals surface area contributed by atoms with Crippen molar-refractivity contribution in [2.45, 2.75) is 32.0 Å². The third-order valence-corrected chi connectivity index (χ3v) is 2.34. The Morgan fingerprint density at radius 1 is 1.29 bits per heavy atom. The molecular formula is C12H14F3NO. The molecule has 0 saturated carbocycles. The molecule has 0 heterocycles. The average Bonchev–Trinajstić information content (AvgIpc) is 2.28. The fourth-order valence-corrected chi connectivity index (χ4v) is 1.54. The van der Waals surface area contributed by atoms with E-state index in [1.807, 2.05) is 12.2 Å². The third-order valence-electron chi connectivity index (χ3n) is 2.34. The third kappa shape index (κ3) is 4.09. The van der Waals surface area contributed by atoms with Gasteiger partial charge in [-0.1, -0.05) is 43.7 Å². The van der Waals surface area contributed by atoms with Crippen molar-refractivity contribution < 1.29 is 18.0 Å². The standard InChI is InChI=1S/C12H14F3NO/c1-2-6-10(9-7-4-3-5-8-9)16-11(17)12(13,14)15/h3-5,7-8,10H,2,6H2,1H3,(H,16,17). The maximum absolute atomic E-state index is 12.2. The molecule has 1 aromatic carbocycles. The Bertz CT molecular complexity index is 362. The number of rotatable bonds is 4. The van der Waals surface area contributed by atoms with Gasteiger partial charge in [-0.05, 0) is 12.0 Å². The van der Waals surface area contributed by atoms with Gasteiger partial charge < -0.3 is 5.32 Å². The van der Waals surface area contributed by atoms with Crippen LogP contribution in [-0.2, 0) is 4.79 Å². The molecule has 0 bridgehead atoms. The van der Waals surface area contributed by atoms with Crippen molar-refractivity contribution in [1.82, 2.24) is 5.32 Å². The van der Waals surface area contributed by atoms with Gasteiger partial charge in [0, 0.05) is 0 Å². The van der Waals surface area contributed by atoms with Crippen molar-refractivity contribution in [3.8, 4) is 0 Å². The largest absolute Gasteiger partial charge is 0.471 e. The van der Waals surface area contributed by atoms with Gasteiger partial charge in [-0.25, -0.2) is 0 Å². The van der Waals surface area contributed by atoms with E-state index in [-0.39, 0.29) is 0 Å². The molecule has 1 unspecified atom stereocenters. The Morgan fingerprint density at radius 2 is 1.88 bits per heavy atom. The van der Waals surface area contributed by atoms with E-state index >= 15 is 0 Å². The highest BCUT2D eigenvalue weighted by Crippen LogP contribution is 2.21. The van der Waals surface area contributed by atoms with Crippen LogP contribution in [0.1, 0.15) is 31.4 Å². The zero-order valence-electron chi connectivity index (χ0n) is 9.42. The van der Waals surface area contributed by atoms with E-state index in [9.17, 15) is 18.0 Å². The topological polar surface area (TPSA) is 29.1 Å². The normalized spacial score (nSPS) is 13.2. The molecule has 0 aliphatic rings. The highest BCUT2D eigenvalue weighted by molar-refractivity contribution is 5.82. The summed E-state index contributed by atoms with van der Waals surface area (Å²) in [4.78, 5) is 10.9. The lowest BCUT2D eigenvalue weighted by molar-refractivity contribution is -0.174. The maximum Gasteiger partial charge on any atom is 0.471 e. The van der Waals surface area contributed by atoms with Crippen LogP contribution in [0.4, 0.5) is 13.2 Å². The first kappa shape index (κ1) is 13.5. The fraction of sp³-hybridized carbons (Fsp3) is 0.417. The minimum Gasteiger partial charge on any atom is -0.341 e. The summed E-state index contributed by atoms with van der Waals surface area (Å²) in [5.41, 5.74) is 0.687. The van der Waals surface area contributed by atoms with E-state index in [0.29, 0.717) is 18.4 Å². The van der Waals surface area contributed by atoms with Crippen molar-refractivity contribution in [2.24, 2.45) is 0 Å². The summed E-state index contributed by atoms with van der Waals surface area (Å²) in [7, 11) is 0. The smallest absolute Gasteiger partial charge is 0.341 e. The second-order valence-corrected chi connectivity index (χ2v) is 3.72. The fourth-order valence-electron chi connectivity index (χ4n) is 1.54. The Hall–Kier alpha value is -1.52. The molecule has 1 rings (SSSR count).